The fraction of sp³-hybridized carbons (Fsp3) is 0.391. The molecule has 1 atom stereocenters. The Morgan fingerprint density at radius 2 is 1.52 bits per heavy atom. The van der Waals surface area contributed by atoms with Gasteiger partial charge in [0.25, 0.3) is 0 Å². The summed E-state index contributed by atoms with van der Waals surface area (Å²) in [6, 6.07) is 18.2. The second-order valence-electron chi connectivity index (χ2n) is 7.44. The van der Waals surface area contributed by atoms with Crippen molar-refractivity contribution in [1.82, 2.24) is 16.1 Å². The van der Waals surface area contributed by atoms with Gasteiger partial charge in [-0.1, -0.05) is 79.9 Å². The summed E-state index contributed by atoms with van der Waals surface area (Å²) in [6.07, 6.45) is 5.90. The van der Waals surface area contributed by atoms with Crippen LogP contribution in [0.1, 0.15) is 43.2 Å². The van der Waals surface area contributed by atoms with E-state index in [9.17, 15) is 9.59 Å². The fourth-order valence-electron chi connectivity index (χ4n) is 3.55. The Kier molecular flexibility index (Phi) is 8.07. The molecular formula is C23H29N3O3. The van der Waals surface area contributed by atoms with Crippen LogP contribution in [-0.4, -0.2) is 24.0 Å². The third-order valence-electron chi connectivity index (χ3n) is 5.10. The van der Waals surface area contributed by atoms with E-state index in [2.05, 4.69) is 16.1 Å². The molecule has 0 spiro atoms. The van der Waals surface area contributed by atoms with Gasteiger partial charge in [0.2, 0.25) is 5.91 Å². The zero-order chi connectivity index (χ0) is 20.3. The number of carbonyl (C=O) groups is 2. The number of carbonyl (C=O) groups excluding carboxylic acids is 2. The summed E-state index contributed by atoms with van der Waals surface area (Å²) in [4.78, 5) is 30.4. The first-order valence-corrected chi connectivity index (χ1v) is 10.3. The monoisotopic (exact) mass is 395 g/mol. The van der Waals surface area contributed by atoms with Gasteiger partial charge < -0.3 is 10.6 Å². The average molecular weight is 396 g/mol. The van der Waals surface area contributed by atoms with Crippen molar-refractivity contribution in [3.63, 3.8) is 0 Å². The average Bonchev–Trinajstić information content (AvgIpc) is 2.75. The van der Waals surface area contributed by atoms with Gasteiger partial charge in [-0.3, -0.25) is 9.63 Å². The Morgan fingerprint density at radius 1 is 0.897 bits per heavy atom. The molecule has 1 fully saturated rings. The topological polar surface area (TPSA) is 79.5 Å². The number of benzene rings is 2. The summed E-state index contributed by atoms with van der Waals surface area (Å²) in [6.45, 7) is 0.256. The summed E-state index contributed by atoms with van der Waals surface area (Å²) >= 11 is 0. The van der Waals surface area contributed by atoms with Crippen LogP contribution >= 0.6 is 0 Å². The van der Waals surface area contributed by atoms with Gasteiger partial charge in [-0.25, -0.2) is 10.3 Å². The van der Waals surface area contributed by atoms with Crippen LogP contribution in [-0.2, 0) is 22.7 Å². The maximum atomic E-state index is 12.9. The first-order chi connectivity index (χ1) is 14.2. The minimum Gasteiger partial charge on any atom is -0.352 e. The molecule has 1 aliphatic rings. The van der Waals surface area contributed by atoms with Gasteiger partial charge >= 0.3 is 6.03 Å². The van der Waals surface area contributed by atoms with E-state index in [1.165, 1.54) is 6.42 Å². The fourth-order valence-corrected chi connectivity index (χ4v) is 3.55. The van der Waals surface area contributed by atoms with Crippen molar-refractivity contribution in [3.05, 3.63) is 71.8 Å². The molecule has 6 nitrogen and oxygen atoms in total. The maximum Gasteiger partial charge on any atom is 0.339 e. The van der Waals surface area contributed by atoms with Gasteiger partial charge in [0.15, 0.2) is 0 Å². The van der Waals surface area contributed by atoms with E-state index in [1.807, 2.05) is 60.7 Å². The van der Waals surface area contributed by atoms with Crippen LogP contribution in [0.5, 0.6) is 0 Å². The van der Waals surface area contributed by atoms with Crippen molar-refractivity contribution in [3.8, 4) is 0 Å². The number of rotatable bonds is 8. The number of amides is 3. The minimum atomic E-state index is -0.667. The number of nitrogens with one attached hydrogen (secondary N) is 3. The van der Waals surface area contributed by atoms with Crippen LogP contribution in [0.15, 0.2) is 60.7 Å². The highest BCUT2D eigenvalue weighted by Gasteiger charge is 2.24. The van der Waals surface area contributed by atoms with Crippen LogP contribution < -0.4 is 16.1 Å². The second kappa shape index (κ2) is 11.2. The number of hydrogen-bond acceptors (Lipinski definition) is 3. The van der Waals surface area contributed by atoms with E-state index in [1.54, 1.807) is 0 Å². The Bertz CT molecular complexity index is 761. The molecule has 0 aliphatic heterocycles. The number of urea groups is 1. The number of hydroxylamine groups is 1. The predicted octanol–water partition coefficient (Wildman–Crippen LogP) is 3.48. The quantitative estimate of drug-likeness (QED) is 0.599. The molecule has 0 saturated heterocycles. The molecule has 0 unspecified atom stereocenters. The van der Waals surface area contributed by atoms with Crippen LogP contribution in [0.3, 0.4) is 0 Å². The predicted molar refractivity (Wildman–Crippen MR) is 112 cm³/mol. The lowest BCUT2D eigenvalue weighted by atomic mass is 9.95. The van der Waals surface area contributed by atoms with E-state index >= 15 is 0 Å². The van der Waals surface area contributed by atoms with Crippen molar-refractivity contribution < 1.29 is 14.4 Å². The van der Waals surface area contributed by atoms with Crippen molar-refractivity contribution >= 4 is 11.9 Å². The zero-order valence-electron chi connectivity index (χ0n) is 16.6. The maximum absolute atomic E-state index is 12.9. The largest absolute Gasteiger partial charge is 0.352 e. The van der Waals surface area contributed by atoms with E-state index in [4.69, 9.17) is 4.84 Å². The first-order valence-electron chi connectivity index (χ1n) is 10.3. The molecule has 0 bridgehead atoms. The van der Waals surface area contributed by atoms with Crippen molar-refractivity contribution in [1.29, 1.82) is 0 Å². The molecule has 2 aromatic rings. The third kappa shape index (κ3) is 7.23. The van der Waals surface area contributed by atoms with Gasteiger partial charge in [0, 0.05) is 12.5 Å². The molecule has 3 rings (SSSR count). The Labute approximate surface area is 172 Å². The van der Waals surface area contributed by atoms with E-state index in [0.29, 0.717) is 6.42 Å². The summed E-state index contributed by atoms with van der Waals surface area (Å²) in [5.74, 6) is -0.154. The van der Waals surface area contributed by atoms with Crippen LogP contribution in [0.2, 0.25) is 0 Å². The minimum absolute atomic E-state index is 0.154. The standard InChI is InChI=1S/C23H29N3O3/c27-22(24-20-14-8-3-9-15-20)21(16-18-10-4-1-5-11-18)25-23(28)26-29-17-19-12-6-2-7-13-19/h1-2,4-7,10-13,20-21H,3,8-9,14-17H2,(H,24,27)(H2,25,26,28)/t21-/m0/s1. The SMILES string of the molecule is O=C(NOCc1ccccc1)N[C@@H](Cc1ccccc1)C(=O)NC1CCCCC1. The molecule has 154 valence electrons. The molecule has 29 heavy (non-hydrogen) atoms. The lowest BCUT2D eigenvalue weighted by molar-refractivity contribution is -0.123. The van der Waals surface area contributed by atoms with Crippen LogP contribution in [0, 0.1) is 0 Å². The second-order valence-corrected chi connectivity index (χ2v) is 7.44. The Hall–Kier alpha value is -2.86. The highest BCUT2D eigenvalue weighted by molar-refractivity contribution is 5.87. The summed E-state index contributed by atoms with van der Waals surface area (Å²) in [7, 11) is 0. The van der Waals surface area contributed by atoms with Gasteiger partial charge in [0.05, 0.1) is 6.61 Å². The number of hydrogen-bond donors (Lipinski definition) is 3. The van der Waals surface area contributed by atoms with E-state index in [-0.39, 0.29) is 18.6 Å². The molecule has 0 heterocycles. The van der Waals surface area contributed by atoms with Gasteiger partial charge in [-0.05, 0) is 24.0 Å². The normalized spacial score (nSPS) is 15.3. The van der Waals surface area contributed by atoms with Gasteiger partial charge in [-0.2, -0.15) is 0 Å². The van der Waals surface area contributed by atoms with E-state index < -0.39 is 12.1 Å². The molecule has 3 amide bonds. The lowest BCUT2D eigenvalue weighted by Gasteiger charge is -2.26. The molecular weight excluding hydrogens is 366 g/mol. The van der Waals surface area contributed by atoms with Crippen LogP contribution in [0.4, 0.5) is 4.79 Å². The zero-order valence-corrected chi connectivity index (χ0v) is 16.6. The Balaban J connectivity index is 1.54. The Morgan fingerprint density at radius 3 is 2.17 bits per heavy atom. The summed E-state index contributed by atoms with van der Waals surface area (Å²) < 4.78 is 0. The summed E-state index contributed by atoms with van der Waals surface area (Å²) in [5.41, 5.74) is 4.31. The lowest BCUT2D eigenvalue weighted by Crippen LogP contribution is -2.53. The smallest absolute Gasteiger partial charge is 0.339 e. The molecule has 1 saturated carbocycles. The highest BCUT2D eigenvalue weighted by Crippen LogP contribution is 2.17. The van der Waals surface area contributed by atoms with Crippen molar-refractivity contribution in [2.45, 2.75) is 57.2 Å². The molecule has 3 N–H and O–H groups in total. The van der Waals surface area contributed by atoms with E-state index in [0.717, 1.165) is 36.8 Å². The van der Waals surface area contributed by atoms with Gasteiger partial charge in [-0.15, -0.1) is 0 Å². The van der Waals surface area contributed by atoms with Crippen molar-refractivity contribution in [2.24, 2.45) is 0 Å². The van der Waals surface area contributed by atoms with Crippen LogP contribution in [0.25, 0.3) is 0 Å². The highest BCUT2D eigenvalue weighted by atomic mass is 16.7. The first kappa shape index (κ1) is 20.9. The molecule has 2 aromatic carbocycles. The summed E-state index contributed by atoms with van der Waals surface area (Å²) in [5, 5.41) is 5.86. The van der Waals surface area contributed by atoms with Crippen molar-refractivity contribution in [2.75, 3.05) is 0 Å². The third-order valence-corrected chi connectivity index (χ3v) is 5.10. The molecule has 1 aliphatic carbocycles. The molecule has 0 radical (unpaired) electrons. The molecule has 0 aromatic heterocycles. The molecule has 6 heteroatoms. The van der Waals surface area contributed by atoms with Gasteiger partial charge in [0.1, 0.15) is 6.04 Å².